The van der Waals surface area contributed by atoms with Crippen molar-refractivity contribution in [1.29, 1.82) is 0 Å². The van der Waals surface area contributed by atoms with Gasteiger partial charge in [0.2, 0.25) is 0 Å². The molecular weight excluding hydrogens is 471 g/mol. The van der Waals surface area contributed by atoms with Crippen LogP contribution in [-0.2, 0) is 11.3 Å². The van der Waals surface area contributed by atoms with Gasteiger partial charge in [0.15, 0.2) is 0 Å². The minimum atomic E-state index is -0.356. The molecule has 0 saturated heterocycles. The Labute approximate surface area is 155 Å². The van der Waals surface area contributed by atoms with E-state index in [0.717, 1.165) is 19.4 Å². The summed E-state index contributed by atoms with van der Waals surface area (Å²) in [6.45, 7) is 0.112. The first-order chi connectivity index (χ1) is 11.1. The topological polar surface area (TPSA) is 39.4 Å². The third-order valence-corrected chi connectivity index (χ3v) is 4.40. The van der Waals surface area contributed by atoms with Gasteiger partial charge in [-0.15, -0.1) is 0 Å². The highest BCUT2D eigenvalue weighted by molar-refractivity contribution is 14.1. The van der Waals surface area contributed by atoms with E-state index in [2.05, 4.69) is 38.5 Å². The van der Waals surface area contributed by atoms with E-state index in [9.17, 15) is 4.79 Å². The van der Waals surface area contributed by atoms with E-state index >= 15 is 0 Å². The lowest BCUT2D eigenvalue weighted by Crippen LogP contribution is -2.04. The Morgan fingerprint density at radius 2 is 1.87 bits per heavy atom. The Morgan fingerprint density at radius 1 is 1.09 bits per heavy atom. The minimum absolute atomic E-state index is 0.112. The van der Waals surface area contributed by atoms with Gasteiger partial charge in [0.05, 0.1) is 5.56 Å². The molecule has 0 atom stereocenters. The molecule has 1 aromatic heterocycles. The fourth-order valence-corrected chi connectivity index (χ4v) is 2.87. The predicted octanol–water partition coefficient (Wildman–Crippen LogP) is 5.67. The van der Waals surface area contributed by atoms with E-state index in [1.807, 2.05) is 48.5 Å². The number of halogens is 2. The van der Waals surface area contributed by atoms with Crippen LogP contribution in [0.1, 0.15) is 16.1 Å². The molecule has 3 nitrogen and oxygen atoms in total. The van der Waals surface area contributed by atoms with Crippen LogP contribution in [0.15, 0.2) is 69.6 Å². The first-order valence-electron chi connectivity index (χ1n) is 6.89. The standard InChI is InChI=1S/C18H12BrIO3/c19-14-6-4-12(5-7-14)17-9-8-16(23-17)11-22-18(21)13-2-1-3-15(20)10-13/h1-10H,11H2. The predicted molar refractivity (Wildman–Crippen MR) is 100 cm³/mol. The molecular formula is C18H12BrIO3. The Balaban J connectivity index is 1.65. The number of carbonyl (C=O) groups is 1. The van der Waals surface area contributed by atoms with Gasteiger partial charge in [0, 0.05) is 13.6 Å². The summed E-state index contributed by atoms with van der Waals surface area (Å²) < 4.78 is 13.0. The van der Waals surface area contributed by atoms with Gasteiger partial charge in [-0.1, -0.05) is 34.1 Å². The molecule has 5 heteroatoms. The second-order valence-corrected chi connectivity index (χ2v) is 7.02. The number of benzene rings is 2. The lowest BCUT2D eigenvalue weighted by molar-refractivity contribution is 0.0446. The molecule has 0 amide bonds. The number of esters is 1. The molecule has 0 N–H and O–H groups in total. The van der Waals surface area contributed by atoms with Crippen LogP contribution in [-0.4, -0.2) is 5.97 Å². The third-order valence-electron chi connectivity index (χ3n) is 3.20. The maximum atomic E-state index is 12.0. The first kappa shape index (κ1) is 16.3. The number of ether oxygens (including phenoxy) is 1. The maximum Gasteiger partial charge on any atom is 0.338 e. The number of carbonyl (C=O) groups excluding carboxylic acids is 1. The number of rotatable bonds is 4. The Kier molecular flexibility index (Phi) is 5.17. The lowest BCUT2D eigenvalue weighted by atomic mass is 10.2. The van der Waals surface area contributed by atoms with Crippen LogP contribution in [0.3, 0.4) is 0 Å². The van der Waals surface area contributed by atoms with Crippen LogP contribution in [0.5, 0.6) is 0 Å². The molecule has 0 radical (unpaired) electrons. The molecule has 3 aromatic rings. The quantitative estimate of drug-likeness (QED) is 0.355. The second kappa shape index (κ2) is 7.31. The normalized spacial score (nSPS) is 10.5. The van der Waals surface area contributed by atoms with E-state index in [0.29, 0.717) is 11.3 Å². The van der Waals surface area contributed by atoms with Crippen molar-refractivity contribution in [3.05, 3.63) is 80.0 Å². The van der Waals surface area contributed by atoms with E-state index in [1.165, 1.54) is 0 Å². The van der Waals surface area contributed by atoms with Gasteiger partial charge in [-0.25, -0.2) is 4.79 Å². The summed E-state index contributed by atoms with van der Waals surface area (Å²) in [5, 5.41) is 0. The van der Waals surface area contributed by atoms with Gasteiger partial charge in [0.1, 0.15) is 18.1 Å². The van der Waals surface area contributed by atoms with E-state index in [-0.39, 0.29) is 12.6 Å². The smallest absolute Gasteiger partial charge is 0.338 e. The molecule has 2 aromatic carbocycles. The molecule has 0 unspecified atom stereocenters. The molecule has 116 valence electrons. The van der Waals surface area contributed by atoms with Crippen LogP contribution in [0.4, 0.5) is 0 Å². The van der Waals surface area contributed by atoms with Crippen LogP contribution < -0.4 is 0 Å². The maximum absolute atomic E-state index is 12.0. The Bertz CT molecular complexity index is 824. The van der Waals surface area contributed by atoms with Crippen LogP contribution in [0.2, 0.25) is 0 Å². The monoisotopic (exact) mass is 482 g/mol. The molecule has 0 saturated carbocycles. The molecule has 0 fully saturated rings. The molecule has 0 bridgehead atoms. The summed E-state index contributed by atoms with van der Waals surface area (Å²) in [6.07, 6.45) is 0. The zero-order valence-electron chi connectivity index (χ0n) is 12.0. The molecule has 0 spiro atoms. The van der Waals surface area contributed by atoms with Crippen molar-refractivity contribution in [2.24, 2.45) is 0 Å². The Hall–Kier alpha value is -1.60. The van der Waals surface area contributed by atoms with Crippen molar-refractivity contribution in [3.8, 4) is 11.3 Å². The fraction of sp³-hybridized carbons (Fsp3) is 0.0556. The number of furan rings is 1. The zero-order chi connectivity index (χ0) is 16.2. The molecule has 23 heavy (non-hydrogen) atoms. The highest BCUT2D eigenvalue weighted by Gasteiger charge is 2.10. The summed E-state index contributed by atoms with van der Waals surface area (Å²) in [5.74, 6) is 1.00. The average molecular weight is 483 g/mol. The summed E-state index contributed by atoms with van der Waals surface area (Å²) in [6, 6.07) is 18.8. The van der Waals surface area contributed by atoms with Crippen LogP contribution in [0.25, 0.3) is 11.3 Å². The van der Waals surface area contributed by atoms with E-state index in [1.54, 1.807) is 12.1 Å². The minimum Gasteiger partial charge on any atom is -0.457 e. The lowest BCUT2D eigenvalue weighted by Gasteiger charge is -2.03. The van der Waals surface area contributed by atoms with Gasteiger partial charge in [0.25, 0.3) is 0 Å². The molecule has 0 aliphatic heterocycles. The average Bonchev–Trinajstić information content (AvgIpc) is 3.02. The van der Waals surface area contributed by atoms with Crippen molar-refractivity contribution in [3.63, 3.8) is 0 Å². The highest BCUT2D eigenvalue weighted by Crippen LogP contribution is 2.24. The van der Waals surface area contributed by atoms with Crippen molar-refractivity contribution in [2.75, 3.05) is 0 Å². The SMILES string of the molecule is O=C(OCc1ccc(-c2ccc(Br)cc2)o1)c1cccc(I)c1. The van der Waals surface area contributed by atoms with E-state index in [4.69, 9.17) is 9.15 Å². The largest absolute Gasteiger partial charge is 0.457 e. The van der Waals surface area contributed by atoms with Gasteiger partial charge < -0.3 is 9.15 Å². The molecule has 3 rings (SSSR count). The van der Waals surface area contributed by atoms with Crippen molar-refractivity contribution >= 4 is 44.5 Å². The number of hydrogen-bond acceptors (Lipinski definition) is 3. The van der Waals surface area contributed by atoms with Crippen molar-refractivity contribution in [2.45, 2.75) is 6.61 Å². The Morgan fingerprint density at radius 3 is 2.61 bits per heavy atom. The summed E-state index contributed by atoms with van der Waals surface area (Å²) in [7, 11) is 0. The number of hydrogen-bond donors (Lipinski definition) is 0. The first-order valence-corrected chi connectivity index (χ1v) is 8.76. The molecule has 0 aliphatic rings. The van der Waals surface area contributed by atoms with Gasteiger partial charge in [-0.3, -0.25) is 0 Å². The summed E-state index contributed by atoms with van der Waals surface area (Å²) in [4.78, 5) is 12.0. The van der Waals surface area contributed by atoms with Gasteiger partial charge in [-0.2, -0.15) is 0 Å². The fourth-order valence-electron chi connectivity index (χ4n) is 2.06. The van der Waals surface area contributed by atoms with Crippen molar-refractivity contribution < 1.29 is 13.9 Å². The van der Waals surface area contributed by atoms with Crippen molar-refractivity contribution in [1.82, 2.24) is 0 Å². The second-order valence-electron chi connectivity index (χ2n) is 4.86. The van der Waals surface area contributed by atoms with E-state index < -0.39 is 0 Å². The third kappa shape index (κ3) is 4.23. The highest BCUT2D eigenvalue weighted by atomic mass is 127. The van der Waals surface area contributed by atoms with Crippen LogP contribution in [0, 0.1) is 3.57 Å². The van der Waals surface area contributed by atoms with Gasteiger partial charge >= 0.3 is 5.97 Å². The van der Waals surface area contributed by atoms with Crippen LogP contribution >= 0.6 is 38.5 Å². The summed E-state index contributed by atoms with van der Waals surface area (Å²) in [5.41, 5.74) is 1.51. The summed E-state index contributed by atoms with van der Waals surface area (Å²) >= 11 is 5.56. The van der Waals surface area contributed by atoms with Gasteiger partial charge in [-0.05, 0) is 65.1 Å². The molecule has 0 aliphatic carbocycles. The zero-order valence-corrected chi connectivity index (χ0v) is 15.7. The molecule has 1 heterocycles.